The molecule has 1 aromatic carbocycles. The van der Waals surface area contributed by atoms with Gasteiger partial charge in [-0.3, -0.25) is 0 Å². The normalized spacial score (nSPS) is 10.6. The molecule has 0 saturated heterocycles. The van der Waals surface area contributed by atoms with Gasteiger partial charge in [0, 0.05) is 0 Å². The molecule has 0 aliphatic heterocycles. The van der Waals surface area contributed by atoms with Crippen LogP contribution in [-0.4, -0.2) is 42.4 Å². The van der Waals surface area contributed by atoms with Crippen LogP contribution in [-0.2, 0) is 4.79 Å². The predicted molar refractivity (Wildman–Crippen MR) is 63.7 cm³/mol. The number of fused-ring (bicyclic) bond motifs is 1. The monoisotopic (exact) mass is 284 g/mol. The fraction of sp³-hybridized carbons (Fsp3) is 0.300. The number of anilines is 1. The maximum absolute atomic E-state index is 11.6. The first-order valence-electron chi connectivity index (χ1n) is 4.97. The van der Waals surface area contributed by atoms with Crippen LogP contribution in [0.15, 0.2) is 18.2 Å². The van der Waals surface area contributed by atoms with Crippen molar-refractivity contribution in [2.24, 2.45) is 0 Å². The summed E-state index contributed by atoms with van der Waals surface area (Å²) in [6.45, 7) is 0.673. The Kier molecular flexibility index (Phi) is 3.66. The molecular weight excluding hydrogens is 271 g/mol. The van der Waals surface area contributed by atoms with Crippen LogP contribution in [0.25, 0.3) is 11.0 Å². The van der Waals surface area contributed by atoms with Crippen LogP contribution in [0.2, 0.25) is 0 Å². The zero-order valence-corrected chi connectivity index (χ0v) is 10.6. The Labute approximate surface area is 99.5 Å². The molecule has 6 heteroatoms. The summed E-state index contributed by atoms with van der Waals surface area (Å²) in [5.74, 6) is -0.00245. The first-order chi connectivity index (χ1) is 7.81. The molecule has 2 N–H and O–H groups in total. The molecular formula is C10H12N4OSe. The van der Waals surface area contributed by atoms with Crippen molar-refractivity contribution in [2.45, 2.75) is 6.42 Å². The number of rotatable bonds is 4. The Balaban J connectivity index is 2.14. The van der Waals surface area contributed by atoms with Gasteiger partial charge in [0.25, 0.3) is 0 Å². The molecule has 0 bridgehead atoms. The van der Waals surface area contributed by atoms with Crippen molar-refractivity contribution < 1.29 is 4.79 Å². The van der Waals surface area contributed by atoms with Gasteiger partial charge >= 0.3 is 99.2 Å². The van der Waals surface area contributed by atoms with Gasteiger partial charge in [0.05, 0.1) is 0 Å². The number of carbonyl (C=O) groups is 1. The molecule has 0 aliphatic rings. The van der Waals surface area contributed by atoms with Gasteiger partial charge in [0.2, 0.25) is 0 Å². The van der Waals surface area contributed by atoms with Crippen molar-refractivity contribution in [2.75, 3.05) is 18.9 Å². The van der Waals surface area contributed by atoms with Gasteiger partial charge in [-0.15, -0.1) is 0 Å². The zero-order chi connectivity index (χ0) is 11.4. The van der Waals surface area contributed by atoms with E-state index in [2.05, 4.69) is 18.6 Å². The van der Waals surface area contributed by atoms with Crippen LogP contribution < -0.4 is 10.6 Å². The molecule has 16 heavy (non-hydrogen) atoms. The van der Waals surface area contributed by atoms with E-state index < -0.39 is 0 Å². The third-order valence-corrected chi connectivity index (χ3v) is 3.30. The third kappa shape index (κ3) is 2.47. The molecule has 1 heterocycles. The molecule has 0 aliphatic carbocycles. The van der Waals surface area contributed by atoms with Crippen molar-refractivity contribution in [3.05, 3.63) is 18.2 Å². The van der Waals surface area contributed by atoms with Crippen molar-refractivity contribution in [1.29, 1.82) is 0 Å². The summed E-state index contributed by atoms with van der Waals surface area (Å²) in [7, 11) is 1.82. The summed E-state index contributed by atoms with van der Waals surface area (Å²) in [6.07, 6.45) is 0.461. The third-order valence-electron chi connectivity index (χ3n) is 2.16. The second-order valence-electron chi connectivity index (χ2n) is 3.34. The number of nitrogens with zero attached hydrogens (tertiary/aromatic N) is 2. The Morgan fingerprint density at radius 3 is 3.12 bits per heavy atom. The molecule has 2 aromatic rings. The van der Waals surface area contributed by atoms with Crippen LogP contribution in [0, 0.1) is 0 Å². The van der Waals surface area contributed by atoms with Crippen molar-refractivity contribution in [3.63, 3.8) is 0 Å². The Bertz CT molecular complexity index is 496. The Morgan fingerprint density at radius 1 is 1.44 bits per heavy atom. The Morgan fingerprint density at radius 2 is 2.31 bits per heavy atom. The number of hydrogen-bond donors (Lipinski definition) is 2. The average Bonchev–Trinajstić information content (AvgIpc) is 2.75. The van der Waals surface area contributed by atoms with E-state index in [0.29, 0.717) is 13.0 Å². The van der Waals surface area contributed by atoms with E-state index >= 15 is 0 Å². The van der Waals surface area contributed by atoms with Gasteiger partial charge in [-0.1, -0.05) is 0 Å². The van der Waals surface area contributed by atoms with Crippen LogP contribution in [0.1, 0.15) is 6.42 Å². The quantitative estimate of drug-likeness (QED) is 0.789. The summed E-state index contributed by atoms with van der Waals surface area (Å²) in [5.41, 5.74) is 2.47. The van der Waals surface area contributed by atoms with Gasteiger partial charge in [-0.25, -0.2) is 0 Å². The SMILES string of the molecule is CNCCC(=O)Nc1cccc2n[se]nc12. The topological polar surface area (TPSA) is 66.9 Å². The molecule has 0 radical (unpaired) electrons. The van der Waals surface area contributed by atoms with E-state index in [-0.39, 0.29) is 20.9 Å². The molecule has 0 saturated carbocycles. The molecule has 0 unspecified atom stereocenters. The zero-order valence-electron chi connectivity index (χ0n) is 8.86. The first kappa shape index (κ1) is 11.3. The minimum atomic E-state index is -0.0614. The fourth-order valence-electron chi connectivity index (χ4n) is 1.36. The minimum absolute atomic E-state index is 0.00245. The summed E-state index contributed by atoms with van der Waals surface area (Å²) in [5, 5.41) is 5.79. The molecule has 0 fully saturated rings. The van der Waals surface area contributed by atoms with Gasteiger partial charge in [-0.2, -0.15) is 0 Å². The number of aromatic nitrogens is 2. The van der Waals surface area contributed by atoms with Gasteiger partial charge in [0.1, 0.15) is 0 Å². The molecule has 1 aromatic heterocycles. The fourth-order valence-corrected chi connectivity index (χ4v) is 2.51. The van der Waals surface area contributed by atoms with Crippen LogP contribution in [0.3, 0.4) is 0 Å². The maximum atomic E-state index is 11.6. The number of amides is 1. The molecule has 0 atom stereocenters. The van der Waals surface area contributed by atoms with E-state index in [1.807, 2.05) is 25.2 Å². The molecule has 5 nitrogen and oxygen atoms in total. The number of carbonyl (C=O) groups excluding carboxylic acids is 1. The van der Waals surface area contributed by atoms with Crippen molar-refractivity contribution in [1.82, 2.24) is 13.3 Å². The summed E-state index contributed by atoms with van der Waals surface area (Å²) in [6, 6.07) is 5.65. The van der Waals surface area contributed by atoms with E-state index in [1.54, 1.807) is 0 Å². The average molecular weight is 283 g/mol. The van der Waals surface area contributed by atoms with Gasteiger partial charge < -0.3 is 0 Å². The van der Waals surface area contributed by atoms with Gasteiger partial charge in [-0.05, 0) is 0 Å². The summed E-state index contributed by atoms with van der Waals surface area (Å²) >= 11 is -0.0614. The molecule has 84 valence electrons. The predicted octanol–water partition coefficient (Wildman–Crippen LogP) is 0.235. The van der Waals surface area contributed by atoms with Crippen LogP contribution >= 0.6 is 0 Å². The standard InChI is InChI=1S/C10H12N4OSe/c1-11-6-5-9(15)12-7-3-2-4-8-10(7)14-16-13-8/h2-4,11H,5-6H2,1H3,(H,12,15). The van der Waals surface area contributed by atoms with E-state index in [0.717, 1.165) is 16.7 Å². The Hall–Kier alpha value is -1.23. The first-order valence-corrected chi connectivity index (χ1v) is 6.50. The van der Waals surface area contributed by atoms with E-state index in [9.17, 15) is 4.79 Å². The van der Waals surface area contributed by atoms with E-state index in [4.69, 9.17) is 0 Å². The summed E-state index contributed by atoms with van der Waals surface area (Å²) < 4.78 is 8.56. The van der Waals surface area contributed by atoms with Crippen LogP contribution in [0.5, 0.6) is 0 Å². The van der Waals surface area contributed by atoms with Crippen LogP contribution in [0.4, 0.5) is 5.69 Å². The second kappa shape index (κ2) is 5.20. The van der Waals surface area contributed by atoms with Crippen molar-refractivity contribution >= 4 is 37.6 Å². The number of hydrogen-bond acceptors (Lipinski definition) is 4. The van der Waals surface area contributed by atoms with Crippen molar-refractivity contribution in [3.8, 4) is 0 Å². The molecule has 1 amide bonds. The number of nitrogens with one attached hydrogen (secondary N) is 2. The number of benzene rings is 1. The molecule has 0 spiro atoms. The van der Waals surface area contributed by atoms with E-state index in [1.165, 1.54) is 0 Å². The second-order valence-corrected chi connectivity index (χ2v) is 4.45. The molecule has 2 rings (SSSR count). The van der Waals surface area contributed by atoms with Gasteiger partial charge in [0.15, 0.2) is 0 Å². The summed E-state index contributed by atoms with van der Waals surface area (Å²) in [4.78, 5) is 11.6.